The van der Waals surface area contributed by atoms with Crippen molar-refractivity contribution < 1.29 is 0 Å². The van der Waals surface area contributed by atoms with E-state index in [1.54, 1.807) is 11.6 Å². The first-order valence-corrected chi connectivity index (χ1v) is 11.9. The van der Waals surface area contributed by atoms with Gasteiger partial charge in [-0.1, -0.05) is 39.0 Å². The van der Waals surface area contributed by atoms with Crippen LogP contribution in [0.3, 0.4) is 0 Å². The number of pyridine rings is 2. The van der Waals surface area contributed by atoms with Crippen LogP contribution < -0.4 is 11.3 Å². The number of hydrogen-bond acceptors (Lipinski definition) is 3. The summed E-state index contributed by atoms with van der Waals surface area (Å²) in [7, 11) is 6.11. The van der Waals surface area contributed by atoms with Crippen molar-refractivity contribution >= 4 is 24.7 Å². The van der Waals surface area contributed by atoms with Gasteiger partial charge in [0.05, 0.1) is 5.72 Å². The molecular weight excluding hydrogens is 407 g/mol. The minimum Gasteiger partial charge on any atom is -0.319 e. The molecule has 1 aliphatic carbocycles. The molecule has 5 nitrogen and oxygen atoms in total. The van der Waals surface area contributed by atoms with Crippen LogP contribution in [0, 0.1) is 5.92 Å². The molecule has 2 radical (unpaired) electrons. The number of hydrogen-bond donors (Lipinski definition) is 1. The lowest BCUT2D eigenvalue weighted by Gasteiger charge is -2.25. The third-order valence-corrected chi connectivity index (χ3v) is 6.42. The van der Waals surface area contributed by atoms with E-state index in [9.17, 15) is 4.79 Å². The molecule has 5 rings (SSSR count). The monoisotopic (exact) mass is 438 g/mol. The van der Waals surface area contributed by atoms with Gasteiger partial charge in [0.1, 0.15) is 11.2 Å². The normalized spacial score (nSPS) is 15.1. The number of rotatable bonds is 4. The van der Waals surface area contributed by atoms with Gasteiger partial charge in [-0.05, 0) is 78.5 Å². The predicted molar refractivity (Wildman–Crippen MR) is 135 cm³/mol. The number of aryl methyl sites for hydroxylation is 2. The first-order valence-electron chi connectivity index (χ1n) is 11.9. The zero-order valence-electron chi connectivity index (χ0n) is 19.8. The van der Waals surface area contributed by atoms with Crippen molar-refractivity contribution in [3.05, 3.63) is 87.0 Å². The van der Waals surface area contributed by atoms with Crippen LogP contribution in [0.1, 0.15) is 55.1 Å². The molecule has 1 atom stereocenters. The zero-order valence-corrected chi connectivity index (χ0v) is 19.8. The van der Waals surface area contributed by atoms with Crippen LogP contribution in [0.5, 0.6) is 0 Å². The van der Waals surface area contributed by atoms with Gasteiger partial charge in [0.2, 0.25) is 5.56 Å². The number of benzene rings is 1. The first kappa shape index (κ1) is 23.0. The Balaban J connectivity index is 0.000000275. The van der Waals surface area contributed by atoms with Gasteiger partial charge < -0.3 is 9.55 Å². The number of aromatic amines is 1. The number of nitrogens with zero attached hydrogens (tertiary/aromatic N) is 3. The molecule has 1 aliphatic rings. The lowest BCUT2D eigenvalue weighted by molar-refractivity contribution is 0.498. The highest BCUT2D eigenvalue weighted by Gasteiger charge is 2.19. The van der Waals surface area contributed by atoms with E-state index in [0.717, 1.165) is 36.4 Å². The average Bonchev–Trinajstić information content (AvgIpc) is 3.13. The van der Waals surface area contributed by atoms with Crippen molar-refractivity contribution in [3.8, 4) is 0 Å². The summed E-state index contributed by atoms with van der Waals surface area (Å²) in [6.07, 6.45) is 7.50. The second-order valence-corrected chi connectivity index (χ2v) is 8.88. The first-order chi connectivity index (χ1) is 16.0. The van der Waals surface area contributed by atoms with Gasteiger partial charge in [0, 0.05) is 24.5 Å². The maximum absolute atomic E-state index is 11.7. The molecule has 0 fully saturated rings. The Bertz CT molecular complexity index is 1290. The minimum absolute atomic E-state index is 0.137. The van der Waals surface area contributed by atoms with E-state index in [2.05, 4.69) is 47.9 Å². The fraction of sp³-hybridized carbons (Fsp3) is 0.370. The Labute approximate surface area is 196 Å². The molecule has 33 heavy (non-hydrogen) atoms. The molecule has 0 amide bonds. The molecule has 168 valence electrons. The predicted octanol–water partition coefficient (Wildman–Crippen LogP) is 3.90. The van der Waals surface area contributed by atoms with Crippen LogP contribution in [0.2, 0.25) is 0 Å². The van der Waals surface area contributed by atoms with Gasteiger partial charge in [-0.25, -0.2) is 4.98 Å². The van der Waals surface area contributed by atoms with Crippen LogP contribution in [0.25, 0.3) is 11.2 Å². The second kappa shape index (κ2) is 10.2. The van der Waals surface area contributed by atoms with Crippen LogP contribution in [0.15, 0.2) is 53.5 Å². The summed E-state index contributed by atoms with van der Waals surface area (Å²) < 4.78 is 1.89. The number of H-pyrrole nitrogens is 1. The fourth-order valence-electron chi connectivity index (χ4n) is 4.65. The lowest BCUT2D eigenvalue weighted by atomic mass is 9.81. The van der Waals surface area contributed by atoms with Crippen LogP contribution in [0.4, 0.5) is 0 Å². The van der Waals surface area contributed by atoms with Crippen molar-refractivity contribution in [3.63, 3.8) is 0 Å². The van der Waals surface area contributed by atoms with Crippen molar-refractivity contribution in [2.75, 3.05) is 0 Å². The number of imidazole rings is 1. The molecule has 0 bridgehead atoms. The standard InChI is InChI=1S/C20H22BN3O.C7H9N/c1-3-14-9-13(10-15-8-12(2)4-5-16(14)15)11-24-19-17(22-20(24)21)6-7-18(25)23-19;1-2-7-5-3-4-6-8-7/h6-7,9-10,12H,3-5,8,11H2,1-2H3,(H,23,25);3-6H,2H2,1H3. The molecule has 1 unspecified atom stereocenters. The van der Waals surface area contributed by atoms with Gasteiger partial charge in [0.15, 0.2) is 7.85 Å². The molecule has 0 spiro atoms. The molecular formula is C27H31BN4O. The number of aromatic nitrogens is 4. The topological polar surface area (TPSA) is 63.6 Å². The van der Waals surface area contributed by atoms with Gasteiger partial charge in [-0.2, -0.15) is 0 Å². The molecule has 0 aliphatic heterocycles. The summed E-state index contributed by atoms with van der Waals surface area (Å²) in [4.78, 5) is 23.0. The Morgan fingerprint density at radius 2 is 2.00 bits per heavy atom. The van der Waals surface area contributed by atoms with Gasteiger partial charge in [0.25, 0.3) is 0 Å². The average molecular weight is 438 g/mol. The third-order valence-electron chi connectivity index (χ3n) is 6.42. The highest BCUT2D eigenvalue weighted by Crippen LogP contribution is 2.30. The summed E-state index contributed by atoms with van der Waals surface area (Å²) in [6.45, 7) is 7.27. The minimum atomic E-state index is -0.137. The van der Waals surface area contributed by atoms with Crippen molar-refractivity contribution in [2.45, 2.75) is 59.4 Å². The van der Waals surface area contributed by atoms with Crippen molar-refractivity contribution in [2.24, 2.45) is 5.92 Å². The van der Waals surface area contributed by atoms with E-state index in [1.165, 1.54) is 35.6 Å². The van der Waals surface area contributed by atoms with Gasteiger partial charge in [-0.3, -0.25) is 9.78 Å². The maximum Gasteiger partial charge on any atom is 0.249 e. The van der Waals surface area contributed by atoms with E-state index in [0.29, 0.717) is 17.9 Å². The quantitative estimate of drug-likeness (QED) is 0.492. The fourth-order valence-corrected chi connectivity index (χ4v) is 4.65. The van der Waals surface area contributed by atoms with Crippen LogP contribution >= 0.6 is 0 Å². The summed E-state index contributed by atoms with van der Waals surface area (Å²) in [5.41, 5.74) is 8.55. The smallest absolute Gasteiger partial charge is 0.249 e. The second-order valence-electron chi connectivity index (χ2n) is 8.88. The zero-order chi connectivity index (χ0) is 23.4. The highest BCUT2D eigenvalue weighted by molar-refractivity contribution is 6.30. The maximum atomic E-state index is 11.7. The van der Waals surface area contributed by atoms with E-state index in [1.807, 2.05) is 29.0 Å². The van der Waals surface area contributed by atoms with E-state index >= 15 is 0 Å². The SMILES string of the molecule is CCc1ccccn1.[B]c1nc2ccc(=O)[nH]c2n1Cc1cc(CC)c2c(c1)CC(C)CC2. The number of nitrogens with one attached hydrogen (secondary N) is 1. The molecule has 6 heteroatoms. The molecule has 0 saturated carbocycles. The van der Waals surface area contributed by atoms with Gasteiger partial charge in [-0.15, -0.1) is 0 Å². The van der Waals surface area contributed by atoms with Gasteiger partial charge >= 0.3 is 0 Å². The lowest BCUT2D eigenvalue weighted by Crippen LogP contribution is -2.21. The summed E-state index contributed by atoms with van der Waals surface area (Å²) in [5, 5.41) is 0. The van der Waals surface area contributed by atoms with E-state index < -0.39 is 0 Å². The molecule has 1 N–H and O–H groups in total. The molecule has 0 saturated heterocycles. The van der Waals surface area contributed by atoms with E-state index in [-0.39, 0.29) is 5.56 Å². The van der Waals surface area contributed by atoms with Crippen LogP contribution in [-0.2, 0) is 32.2 Å². The van der Waals surface area contributed by atoms with Crippen LogP contribution in [-0.4, -0.2) is 27.4 Å². The Hall–Kier alpha value is -3.15. The molecule has 1 aromatic carbocycles. The molecule has 4 aromatic rings. The Morgan fingerprint density at radius 1 is 1.15 bits per heavy atom. The van der Waals surface area contributed by atoms with Crippen molar-refractivity contribution in [1.82, 2.24) is 19.5 Å². The summed E-state index contributed by atoms with van der Waals surface area (Å²) >= 11 is 0. The number of fused-ring (bicyclic) bond motifs is 2. The van der Waals surface area contributed by atoms with Crippen molar-refractivity contribution in [1.29, 1.82) is 0 Å². The largest absolute Gasteiger partial charge is 0.319 e. The molecule has 3 heterocycles. The Kier molecular flexibility index (Phi) is 7.12. The van der Waals surface area contributed by atoms with E-state index in [4.69, 9.17) is 7.85 Å². The summed E-state index contributed by atoms with van der Waals surface area (Å²) in [6, 6.07) is 13.8. The third kappa shape index (κ3) is 5.27. The Morgan fingerprint density at radius 3 is 2.70 bits per heavy atom. The molecule has 3 aromatic heterocycles. The highest BCUT2D eigenvalue weighted by atomic mass is 16.1. The summed E-state index contributed by atoms with van der Waals surface area (Å²) in [5.74, 6) is 0.739.